The zero-order valence-corrected chi connectivity index (χ0v) is 9.04. The molecule has 7 heteroatoms. The van der Waals surface area contributed by atoms with Crippen molar-refractivity contribution in [1.29, 1.82) is 0 Å². The van der Waals surface area contributed by atoms with E-state index in [4.69, 9.17) is 10.8 Å². The minimum Gasteiger partial charge on any atom is -0.477 e. The van der Waals surface area contributed by atoms with E-state index in [0.717, 1.165) is 4.52 Å². The molecule has 0 spiro atoms. The zero-order chi connectivity index (χ0) is 12.9. The smallest absolute Gasteiger partial charge is 0.353 e. The first-order chi connectivity index (χ1) is 8.56. The minimum atomic E-state index is -1.15. The van der Waals surface area contributed by atoms with Crippen LogP contribution in [0, 0.1) is 0 Å². The highest BCUT2D eigenvalue weighted by Gasteiger charge is 2.12. The highest BCUT2D eigenvalue weighted by molar-refractivity contribution is 5.88. The van der Waals surface area contributed by atoms with Crippen LogP contribution in [0.25, 0.3) is 16.6 Å². The minimum absolute atomic E-state index is 0.0946. The standard InChI is InChI=1S/C11H8N4O3/c12-5-1-2-7-6(3-5)10(16)15-9(13-7)4-8(14-15)11(17)18/h1-4,14H,12H2,(H,17,18). The number of carboxylic acid groups (broad SMARTS) is 1. The predicted molar refractivity (Wildman–Crippen MR) is 64.7 cm³/mol. The molecule has 0 bridgehead atoms. The van der Waals surface area contributed by atoms with Crippen LogP contribution in [-0.2, 0) is 0 Å². The number of carbonyl (C=O) groups is 1. The maximum atomic E-state index is 12.1. The van der Waals surface area contributed by atoms with Crippen molar-refractivity contribution in [3.05, 3.63) is 40.3 Å². The Bertz CT molecular complexity index is 846. The predicted octanol–water partition coefficient (Wildman–Crippen LogP) is 0.456. The van der Waals surface area contributed by atoms with Crippen LogP contribution in [0.4, 0.5) is 5.69 Å². The second kappa shape index (κ2) is 3.33. The van der Waals surface area contributed by atoms with E-state index in [1.807, 2.05) is 0 Å². The highest BCUT2D eigenvalue weighted by Crippen LogP contribution is 2.13. The van der Waals surface area contributed by atoms with Crippen LogP contribution in [0.1, 0.15) is 10.5 Å². The molecule has 18 heavy (non-hydrogen) atoms. The van der Waals surface area contributed by atoms with E-state index in [1.54, 1.807) is 12.1 Å². The number of aromatic amines is 1. The third kappa shape index (κ3) is 1.34. The number of carboxylic acids is 1. The summed E-state index contributed by atoms with van der Waals surface area (Å²) in [4.78, 5) is 27.1. The first-order valence-electron chi connectivity index (χ1n) is 5.10. The average Bonchev–Trinajstić information content (AvgIpc) is 2.75. The molecular formula is C11H8N4O3. The van der Waals surface area contributed by atoms with Gasteiger partial charge in [-0.2, -0.15) is 0 Å². The summed E-state index contributed by atoms with van der Waals surface area (Å²) >= 11 is 0. The Balaban J connectivity index is 2.49. The number of anilines is 1. The molecule has 1 aromatic carbocycles. The number of nitrogens with one attached hydrogen (secondary N) is 1. The fourth-order valence-electron chi connectivity index (χ4n) is 1.82. The van der Waals surface area contributed by atoms with Gasteiger partial charge in [0.2, 0.25) is 0 Å². The van der Waals surface area contributed by atoms with Crippen molar-refractivity contribution in [3.8, 4) is 0 Å². The van der Waals surface area contributed by atoms with E-state index in [9.17, 15) is 9.59 Å². The van der Waals surface area contributed by atoms with Crippen molar-refractivity contribution < 1.29 is 9.90 Å². The first kappa shape index (κ1) is 10.3. The lowest BCUT2D eigenvalue weighted by molar-refractivity contribution is 0.0690. The molecule has 0 amide bonds. The Morgan fingerprint density at radius 3 is 2.89 bits per heavy atom. The molecule has 0 unspecified atom stereocenters. The van der Waals surface area contributed by atoms with Crippen molar-refractivity contribution in [3.63, 3.8) is 0 Å². The lowest BCUT2D eigenvalue weighted by Gasteiger charge is -1.99. The van der Waals surface area contributed by atoms with Gasteiger partial charge in [0.1, 0.15) is 5.69 Å². The first-order valence-corrected chi connectivity index (χ1v) is 5.10. The number of H-pyrrole nitrogens is 1. The van der Waals surface area contributed by atoms with Gasteiger partial charge in [0.05, 0.1) is 10.9 Å². The Hall–Kier alpha value is -2.83. The third-order valence-corrected chi connectivity index (χ3v) is 2.65. The molecule has 3 rings (SSSR count). The summed E-state index contributed by atoms with van der Waals surface area (Å²) in [6.45, 7) is 0. The van der Waals surface area contributed by atoms with Crippen molar-refractivity contribution in [1.82, 2.24) is 14.6 Å². The van der Waals surface area contributed by atoms with Gasteiger partial charge in [0.25, 0.3) is 5.56 Å². The summed E-state index contributed by atoms with van der Waals surface area (Å²) in [5.74, 6) is -1.15. The number of aromatic carboxylic acids is 1. The fraction of sp³-hybridized carbons (Fsp3) is 0. The largest absolute Gasteiger partial charge is 0.477 e. The summed E-state index contributed by atoms with van der Waals surface area (Å²) in [6, 6.07) is 6.08. The van der Waals surface area contributed by atoms with Crippen LogP contribution >= 0.6 is 0 Å². The molecule has 0 aliphatic rings. The van der Waals surface area contributed by atoms with Gasteiger partial charge < -0.3 is 10.8 Å². The molecule has 0 atom stereocenters. The molecule has 0 aliphatic heterocycles. The van der Waals surface area contributed by atoms with Crippen molar-refractivity contribution in [2.75, 3.05) is 5.73 Å². The molecule has 4 N–H and O–H groups in total. The van der Waals surface area contributed by atoms with Gasteiger partial charge in [-0.25, -0.2) is 14.3 Å². The average molecular weight is 244 g/mol. The molecule has 90 valence electrons. The Labute approximate surface area is 99.5 Å². The van der Waals surface area contributed by atoms with Gasteiger partial charge in [-0.15, -0.1) is 0 Å². The number of rotatable bonds is 1. The topological polar surface area (TPSA) is 113 Å². The van der Waals surface area contributed by atoms with E-state index in [-0.39, 0.29) is 16.9 Å². The molecule has 2 heterocycles. The van der Waals surface area contributed by atoms with Gasteiger partial charge in [-0.1, -0.05) is 0 Å². The number of nitrogens with two attached hydrogens (primary N) is 1. The second-order valence-corrected chi connectivity index (χ2v) is 3.86. The summed E-state index contributed by atoms with van der Waals surface area (Å²) in [7, 11) is 0. The van der Waals surface area contributed by atoms with Crippen LogP contribution in [-0.4, -0.2) is 25.7 Å². The summed E-state index contributed by atoms with van der Waals surface area (Å²) in [6.07, 6.45) is 0. The van der Waals surface area contributed by atoms with Crippen LogP contribution in [0.2, 0.25) is 0 Å². The van der Waals surface area contributed by atoms with Crippen LogP contribution in [0.5, 0.6) is 0 Å². The van der Waals surface area contributed by atoms with Crippen LogP contribution in [0.3, 0.4) is 0 Å². The molecule has 0 saturated heterocycles. The Morgan fingerprint density at radius 1 is 1.39 bits per heavy atom. The maximum Gasteiger partial charge on any atom is 0.353 e. The molecule has 0 aliphatic carbocycles. The van der Waals surface area contributed by atoms with Gasteiger partial charge in [0, 0.05) is 11.8 Å². The Kier molecular flexibility index (Phi) is 1.91. The quantitative estimate of drug-likeness (QED) is 0.538. The zero-order valence-electron chi connectivity index (χ0n) is 9.04. The molecular weight excluding hydrogens is 236 g/mol. The SMILES string of the molecule is Nc1ccc2nc3cc(C(=O)O)[nH]n3c(=O)c2c1. The van der Waals surface area contributed by atoms with E-state index < -0.39 is 5.97 Å². The van der Waals surface area contributed by atoms with E-state index >= 15 is 0 Å². The monoisotopic (exact) mass is 244 g/mol. The number of nitrogens with zero attached hydrogens (tertiary/aromatic N) is 2. The van der Waals surface area contributed by atoms with E-state index in [0.29, 0.717) is 16.6 Å². The molecule has 3 aromatic rings. The number of aromatic nitrogens is 3. The molecule has 0 saturated carbocycles. The molecule has 2 aromatic heterocycles. The lowest BCUT2D eigenvalue weighted by Crippen LogP contribution is -2.16. The van der Waals surface area contributed by atoms with Crippen LogP contribution < -0.4 is 11.3 Å². The highest BCUT2D eigenvalue weighted by atomic mass is 16.4. The van der Waals surface area contributed by atoms with E-state index in [1.165, 1.54) is 12.1 Å². The number of hydrogen-bond acceptors (Lipinski definition) is 4. The Morgan fingerprint density at radius 2 is 2.17 bits per heavy atom. The van der Waals surface area contributed by atoms with Gasteiger partial charge in [0.15, 0.2) is 5.65 Å². The number of hydrogen-bond donors (Lipinski definition) is 3. The van der Waals surface area contributed by atoms with Crippen LogP contribution in [0.15, 0.2) is 29.1 Å². The van der Waals surface area contributed by atoms with E-state index in [2.05, 4.69) is 10.1 Å². The van der Waals surface area contributed by atoms with Gasteiger partial charge >= 0.3 is 5.97 Å². The number of nitrogen functional groups attached to an aromatic ring is 1. The van der Waals surface area contributed by atoms with Crippen molar-refractivity contribution >= 4 is 28.2 Å². The van der Waals surface area contributed by atoms with Gasteiger partial charge in [-0.3, -0.25) is 9.89 Å². The lowest BCUT2D eigenvalue weighted by atomic mass is 10.2. The number of benzene rings is 1. The fourth-order valence-corrected chi connectivity index (χ4v) is 1.82. The summed E-state index contributed by atoms with van der Waals surface area (Å²) in [5, 5.41) is 11.7. The molecule has 7 nitrogen and oxygen atoms in total. The summed E-state index contributed by atoms with van der Waals surface area (Å²) in [5.41, 5.74) is 6.32. The second-order valence-electron chi connectivity index (χ2n) is 3.86. The van der Waals surface area contributed by atoms with Crippen molar-refractivity contribution in [2.45, 2.75) is 0 Å². The molecule has 0 fully saturated rings. The normalized spacial score (nSPS) is 11.1. The maximum absolute atomic E-state index is 12.1. The van der Waals surface area contributed by atoms with Crippen molar-refractivity contribution in [2.24, 2.45) is 0 Å². The third-order valence-electron chi connectivity index (χ3n) is 2.65. The molecule has 0 radical (unpaired) electrons. The van der Waals surface area contributed by atoms with Gasteiger partial charge in [-0.05, 0) is 18.2 Å². The number of fused-ring (bicyclic) bond motifs is 2. The summed E-state index contributed by atoms with van der Waals surface area (Å²) < 4.78 is 1.09.